The highest BCUT2D eigenvalue weighted by Gasteiger charge is 2.35. The molecule has 1 fully saturated rings. The molecule has 2 N–H and O–H groups in total. The van der Waals surface area contributed by atoms with Gasteiger partial charge in [-0.25, -0.2) is 8.42 Å². The van der Waals surface area contributed by atoms with Crippen molar-refractivity contribution in [1.82, 2.24) is 4.31 Å². The molecule has 6 heteroatoms. The van der Waals surface area contributed by atoms with Gasteiger partial charge in [-0.05, 0) is 49.9 Å². The Balaban J connectivity index is 2.59. The van der Waals surface area contributed by atoms with Gasteiger partial charge in [0.15, 0.2) is 0 Å². The molecule has 0 saturated carbocycles. The second kappa shape index (κ2) is 5.94. The molecule has 1 saturated heterocycles. The van der Waals surface area contributed by atoms with Gasteiger partial charge in [0.05, 0.1) is 18.1 Å². The SMILES string of the molecule is CCC1COCCN1S(=O)(=O)c1c(C)c(C)cc(N)c1C. The number of anilines is 1. The van der Waals surface area contributed by atoms with E-state index < -0.39 is 10.0 Å². The van der Waals surface area contributed by atoms with Gasteiger partial charge in [-0.15, -0.1) is 0 Å². The van der Waals surface area contributed by atoms with Crippen LogP contribution in [0.5, 0.6) is 0 Å². The first-order chi connectivity index (χ1) is 9.80. The van der Waals surface area contributed by atoms with Gasteiger partial charge in [-0.2, -0.15) is 4.31 Å². The van der Waals surface area contributed by atoms with Gasteiger partial charge >= 0.3 is 0 Å². The minimum atomic E-state index is -3.56. The van der Waals surface area contributed by atoms with Crippen molar-refractivity contribution in [2.24, 2.45) is 0 Å². The minimum absolute atomic E-state index is 0.107. The van der Waals surface area contributed by atoms with Crippen molar-refractivity contribution in [2.75, 3.05) is 25.5 Å². The summed E-state index contributed by atoms with van der Waals surface area (Å²) in [5, 5.41) is 0. The average molecular weight is 312 g/mol. The number of rotatable bonds is 3. The molecule has 1 aliphatic rings. The molecule has 0 spiro atoms. The Labute approximate surface area is 127 Å². The molecular weight excluding hydrogens is 288 g/mol. The highest BCUT2D eigenvalue weighted by atomic mass is 32.2. The maximum Gasteiger partial charge on any atom is 0.244 e. The van der Waals surface area contributed by atoms with Gasteiger partial charge in [0, 0.05) is 18.3 Å². The lowest BCUT2D eigenvalue weighted by Crippen LogP contribution is -2.48. The van der Waals surface area contributed by atoms with Crippen LogP contribution in [0.4, 0.5) is 5.69 Å². The summed E-state index contributed by atoms with van der Waals surface area (Å²) in [6.45, 7) is 8.77. The van der Waals surface area contributed by atoms with Crippen LogP contribution in [0.25, 0.3) is 0 Å². The van der Waals surface area contributed by atoms with E-state index in [-0.39, 0.29) is 6.04 Å². The fourth-order valence-corrected chi connectivity index (χ4v) is 5.03. The molecule has 5 nitrogen and oxygen atoms in total. The molecular formula is C15H24N2O3S. The second-order valence-corrected chi connectivity index (χ2v) is 7.44. The van der Waals surface area contributed by atoms with Crippen LogP contribution in [0.15, 0.2) is 11.0 Å². The summed E-state index contributed by atoms with van der Waals surface area (Å²) in [6, 6.07) is 1.73. The third-order valence-electron chi connectivity index (χ3n) is 4.29. The van der Waals surface area contributed by atoms with E-state index in [2.05, 4.69) is 0 Å². The molecule has 0 aromatic heterocycles. The summed E-state index contributed by atoms with van der Waals surface area (Å²) >= 11 is 0. The number of hydrogen-bond acceptors (Lipinski definition) is 4. The standard InChI is InChI=1S/C15H24N2O3S/c1-5-13-9-20-7-6-17(13)21(18,19)15-11(3)10(2)8-14(16)12(15)4/h8,13H,5-7,9,16H2,1-4H3. The van der Waals surface area contributed by atoms with E-state index in [0.717, 1.165) is 17.5 Å². The number of sulfonamides is 1. The van der Waals surface area contributed by atoms with Crippen LogP contribution in [-0.2, 0) is 14.8 Å². The predicted molar refractivity (Wildman–Crippen MR) is 83.9 cm³/mol. The Morgan fingerprint density at radius 1 is 1.33 bits per heavy atom. The third-order valence-corrected chi connectivity index (χ3v) is 6.52. The van der Waals surface area contributed by atoms with Crippen molar-refractivity contribution < 1.29 is 13.2 Å². The van der Waals surface area contributed by atoms with Crippen LogP contribution in [0.2, 0.25) is 0 Å². The molecule has 1 aromatic carbocycles. The highest BCUT2D eigenvalue weighted by Crippen LogP contribution is 2.32. The topological polar surface area (TPSA) is 72.6 Å². The van der Waals surface area contributed by atoms with E-state index in [1.165, 1.54) is 0 Å². The first kappa shape index (κ1) is 16.3. The number of ether oxygens (including phenoxy) is 1. The molecule has 1 heterocycles. The van der Waals surface area contributed by atoms with Crippen molar-refractivity contribution in [2.45, 2.75) is 45.1 Å². The van der Waals surface area contributed by atoms with Gasteiger partial charge in [-0.1, -0.05) is 6.92 Å². The lowest BCUT2D eigenvalue weighted by atomic mass is 10.1. The van der Waals surface area contributed by atoms with E-state index in [1.54, 1.807) is 11.2 Å². The summed E-state index contributed by atoms with van der Waals surface area (Å²) in [6.07, 6.45) is 0.735. The van der Waals surface area contributed by atoms with Crippen LogP contribution in [0.1, 0.15) is 30.0 Å². The molecule has 0 aliphatic carbocycles. The van der Waals surface area contributed by atoms with Gasteiger partial charge in [0.2, 0.25) is 10.0 Å². The smallest absolute Gasteiger partial charge is 0.244 e. The summed E-state index contributed by atoms with van der Waals surface area (Å²) in [7, 11) is -3.56. The van der Waals surface area contributed by atoms with Crippen molar-refractivity contribution in [3.8, 4) is 0 Å². The zero-order valence-corrected chi connectivity index (χ0v) is 14.0. The fourth-order valence-electron chi connectivity index (χ4n) is 2.82. The lowest BCUT2D eigenvalue weighted by molar-refractivity contribution is 0.0314. The Bertz CT molecular complexity index is 615. The highest BCUT2D eigenvalue weighted by molar-refractivity contribution is 7.89. The molecule has 21 heavy (non-hydrogen) atoms. The van der Waals surface area contributed by atoms with Crippen LogP contribution < -0.4 is 5.73 Å². The number of aryl methyl sites for hydroxylation is 1. The zero-order chi connectivity index (χ0) is 15.8. The summed E-state index contributed by atoms with van der Waals surface area (Å²) < 4.78 is 33.2. The Morgan fingerprint density at radius 3 is 2.62 bits per heavy atom. The fraction of sp³-hybridized carbons (Fsp3) is 0.600. The molecule has 0 amide bonds. The molecule has 1 unspecified atom stereocenters. The van der Waals surface area contributed by atoms with Crippen LogP contribution in [0.3, 0.4) is 0 Å². The molecule has 0 bridgehead atoms. The Hall–Kier alpha value is -1.11. The average Bonchev–Trinajstić information content (AvgIpc) is 2.45. The van der Waals surface area contributed by atoms with Crippen molar-refractivity contribution in [3.05, 3.63) is 22.8 Å². The maximum atomic E-state index is 13.1. The van der Waals surface area contributed by atoms with Crippen molar-refractivity contribution in [3.63, 3.8) is 0 Å². The van der Waals surface area contributed by atoms with Gasteiger partial charge < -0.3 is 10.5 Å². The van der Waals surface area contributed by atoms with Gasteiger partial charge in [-0.3, -0.25) is 0 Å². The van der Waals surface area contributed by atoms with Crippen LogP contribution >= 0.6 is 0 Å². The third kappa shape index (κ3) is 2.80. The van der Waals surface area contributed by atoms with E-state index in [9.17, 15) is 8.42 Å². The number of benzene rings is 1. The van der Waals surface area contributed by atoms with Crippen molar-refractivity contribution in [1.29, 1.82) is 0 Å². The minimum Gasteiger partial charge on any atom is -0.398 e. The molecule has 0 radical (unpaired) electrons. The van der Waals surface area contributed by atoms with Gasteiger partial charge in [0.25, 0.3) is 0 Å². The van der Waals surface area contributed by atoms with Crippen LogP contribution in [-0.4, -0.2) is 38.5 Å². The predicted octanol–water partition coefficient (Wildman–Crippen LogP) is 1.99. The summed E-state index contributed by atoms with van der Waals surface area (Å²) in [5.74, 6) is 0. The monoisotopic (exact) mass is 312 g/mol. The number of nitrogens with two attached hydrogens (primary N) is 1. The van der Waals surface area contributed by atoms with E-state index >= 15 is 0 Å². The Morgan fingerprint density at radius 2 is 2.00 bits per heavy atom. The number of morpholine rings is 1. The Kier molecular flexibility index (Phi) is 4.60. The van der Waals surface area contributed by atoms with Gasteiger partial charge in [0.1, 0.15) is 0 Å². The summed E-state index contributed by atoms with van der Waals surface area (Å²) in [4.78, 5) is 0.361. The normalized spacial score (nSPS) is 20.7. The number of hydrogen-bond donors (Lipinski definition) is 1. The summed E-state index contributed by atoms with van der Waals surface area (Å²) in [5.41, 5.74) is 8.82. The molecule has 1 aliphatic heterocycles. The molecule has 1 atom stereocenters. The number of nitrogen functional groups attached to an aromatic ring is 1. The van der Waals surface area contributed by atoms with Crippen LogP contribution in [0, 0.1) is 20.8 Å². The lowest BCUT2D eigenvalue weighted by Gasteiger charge is -2.35. The molecule has 118 valence electrons. The van der Waals surface area contributed by atoms with Crippen molar-refractivity contribution >= 4 is 15.7 Å². The largest absolute Gasteiger partial charge is 0.398 e. The second-order valence-electron chi connectivity index (χ2n) is 5.61. The zero-order valence-electron chi connectivity index (χ0n) is 13.1. The van der Waals surface area contributed by atoms with E-state index in [0.29, 0.717) is 35.9 Å². The molecule has 1 aromatic rings. The first-order valence-electron chi connectivity index (χ1n) is 7.26. The number of nitrogens with zero attached hydrogens (tertiary/aromatic N) is 1. The molecule has 2 rings (SSSR count). The maximum absolute atomic E-state index is 13.1. The quantitative estimate of drug-likeness (QED) is 0.866. The van der Waals surface area contributed by atoms with E-state index in [4.69, 9.17) is 10.5 Å². The first-order valence-corrected chi connectivity index (χ1v) is 8.70. The van der Waals surface area contributed by atoms with E-state index in [1.807, 2.05) is 26.8 Å².